The van der Waals surface area contributed by atoms with E-state index in [4.69, 9.17) is 5.73 Å². The largest absolute Gasteiger partial charge is 0.329 e. The molecule has 1 unspecified atom stereocenters. The number of benzene rings is 1. The summed E-state index contributed by atoms with van der Waals surface area (Å²) in [6.45, 7) is 2.83. The maximum Gasteiger partial charge on any atom is 0.0477 e. The third kappa shape index (κ3) is 2.21. The van der Waals surface area contributed by atoms with E-state index in [1.165, 1.54) is 16.0 Å². The predicted octanol–water partition coefficient (Wildman–Crippen LogP) is 2.81. The molecule has 1 atom stereocenters. The highest BCUT2D eigenvalue weighted by Crippen LogP contribution is 2.30. The molecule has 1 aromatic heterocycles. The number of hydrogen-bond acceptors (Lipinski definition) is 3. The van der Waals surface area contributed by atoms with Gasteiger partial charge in [0, 0.05) is 30.6 Å². The van der Waals surface area contributed by atoms with E-state index >= 15 is 0 Å². The fourth-order valence-corrected chi connectivity index (χ4v) is 3.50. The first-order chi connectivity index (χ1) is 8.88. The van der Waals surface area contributed by atoms with Gasteiger partial charge < -0.3 is 5.73 Å². The average molecular weight is 258 g/mol. The summed E-state index contributed by atoms with van der Waals surface area (Å²) in [5.74, 6) is 0. The Morgan fingerprint density at radius 1 is 1.22 bits per heavy atom. The zero-order chi connectivity index (χ0) is 12.4. The van der Waals surface area contributed by atoms with E-state index in [-0.39, 0.29) is 0 Å². The van der Waals surface area contributed by atoms with Crippen molar-refractivity contribution >= 4 is 11.3 Å². The molecule has 18 heavy (non-hydrogen) atoms. The number of thiophene rings is 1. The molecule has 94 valence electrons. The molecule has 0 radical (unpaired) electrons. The van der Waals surface area contributed by atoms with Gasteiger partial charge in [-0.15, -0.1) is 11.3 Å². The molecule has 0 bridgehead atoms. The number of hydrogen-bond donors (Lipinski definition) is 1. The summed E-state index contributed by atoms with van der Waals surface area (Å²) in [4.78, 5) is 3.93. The first-order valence-corrected chi connectivity index (χ1v) is 7.31. The van der Waals surface area contributed by atoms with Crippen molar-refractivity contribution in [2.75, 3.05) is 13.1 Å². The molecule has 3 heteroatoms. The third-order valence-electron chi connectivity index (χ3n) is 3.69. The molecule has 0 aliphatic carbocycles. The molecular weight excluding hydrogens is 240 g/mol. The van der Waals surface area contributed by atoms with Crippen molar-refractivity contribution in [2.24, 2.45) is 5.73 Å². The van der Waals surface area contributed by atoms with Gasteiger partial charge in [0.1, 0.15) is 0 Å². The van der Waals surface area contributed by atoms with Crippen LogP contribution in [0.3, 0.4) is 0 Å². The monoisotopic (exact) mass is 258 g/mol. The molecule has 2 aromatic rings. The zero-order valence-corrected chi connectivity index (χ0v) is 11.2. The number of fused-ring (bicyclic) bond motifs is 1. The van der Waals surface area contributed by atoms with Crippen molar-refractivity contribution in [2.45, 2.75) is 19.0 Å². The Bertz CT molecular complexity index is 507. The van der Waals surface area contributed by atoms with Crippen molar-refractivity contribution in [1.29, 1.82) is 0 Å². The van der Waals surface area contributed by atoms with E-state index in [1.807, 2.05) is 11.3 Å². The van der Waals surface area contributed by atoms with Crippen molar-refractivity contribution in [3.8, 4) is 0 Å². The van der Waals surface area contributed by atoms with Crippen LogP contribution in [-0.4, -0.2) is 18.0 Å². The van der Waals surface area contributed by atoms with Gasteiger partial charge in [0.25, 0.3) is 0 Å². The van der Waals surface area contributed by atoms with Crippen molar-refractivity contribution in [3.63, 3.8) is 0 Å². The number of rotatable bonds is 3. The summed E-state index contributed by atoms with van der Waals surface area (Å²) >= 11 is 1.83. The lowest BCUT2D eigenvalue weighted by Gasteiger charge is -2.36. The molecule has 2 N–H and O–H groups in total. The van der Waals surface area contributed by atoms with E-state index in [0.717, 1.165) is 19.5 Å². The van der Waals surface area contributed by atoms with E-state index in [9.17, 15) is 0 Å². The van der Waals surface area contributed by atoms with Crippen LogP contribution in [0.1, 0.15) is 22.0 Å². The Balaban J connectivity index is 1.85. The van der Waals surface area contributed by atoms with Crippen LogP contribution in [-0.2, 0) is 13.0 Å². The first-order valence-electron chi connectivity index (χ1n) is 6.43. The molecule has 0 spiro atoms. The Hall–Kier alpha value is -1.16. The highest BCUT2D eigenvalue weighted by atomic mass is 32.1. The van der Waals surface area contributed by atoms with Crippen molar-refractivity contribution in [1.82, 2.24) is 4.90 Å². The van der Waals surface area contributed by atoms with Gasteiger partial charge in [0.2, 0.25) is 0 Å². The van der Waals surface area contributed by atoms with Gasteiger partial charge in [-0.25, -0.2) is 0 Å². The Morgan fingerprint density at radius 2 is 2.11 bits per heavy atom. The Kier molecular flexibility index (Phi) is 3.46. The van der Waals surface area contributed by atoms with Gasteiger partial charge in [-0.05, 0) is 29.0 Å². The minimum absolute atomic E-state index is 0.372. The fraction of sp³-hybridized carbons (Fsp3) is 0.333. The van der Waals surface area contributed by atoms with Gasteiger partial charge in [0.15, 0.2) is 0 Å². The molecule has 1 aliphatic rings. The minimum atomic E-state index is 0.372. The van der Waals surface area contributed by atoms with Crippen LogP contribution in [0.5, 0.6) is 0 Å². The molecule has 1 aliphatic heterocycles. The van der Waals surface area contributed by atoms with Crippen LogP contribution >= 0.6 is 11.3 Å². The summed E-state index contributed by atoms with van der Waals surface area (Å²) in [6, 6.07) is 13.4. The average Bonchev–Trinajstić information content (AvgIpc) is 2.91. The van der Waals surface area contributed by atoms with Crippen LogP contribution in [0, 0.1) is 0 Å². The summed E-state index contributed by atoms with van der Waals surface area (Å²) in [6.07, 6.45) is 1.14. The quantitative estimate of drug-likeness (QED) is 0.917. The third-order valence-corrected chi connectivity index (χ3v) is 4.55. The lowest BCUT2D eigenvalue weighted by atomic mass is 9.92. The smallest absolute Gasteiger partial charge is 0.0477 e. The highest BCUT2D eigenvalue weighted by molar-refractivity contribution is 7.09. The van der Waals surface area contributed by atoms with Crippen LogP contribution in [0.2, 0.25) is 0 Å². The van der Waals surface area contributed by atoms with Gasteiger partial charge in [-0.2, -0.15) is 0 Å². The Labute approximate surface area is 112 Å². The lowest BCUT2D eigenvalue weighted by Crippen LogP contribution is -2.38. The molecular formula is C15H18N2S. The van der Waals surface area contributed by atoms with Crippen molar-refractivity contribution in [3.05, 3.63) is 57.8 Å². The second-order valence-corrected chi connectivity index (χ2v) is 5.78. The summed E-state index contributed by atoms with van der Waals surface area (Å²) in [5, 5.41) is 2.14. The summed E-state index contributed by atoms with van der Waals surface area (Å²) < 4.78 is 0. The standard InChI is InChI=1S/C15H18N2S/c16-10-15-14-6-2-1-4-12(14)7-8-17(15)11-13-5-3-9-18-13/h1-6,9,15H,7-8,10-11,16H2. The molecule has 1 aromatic carbocycles. The first kappa shape index (κ1) is 11.9. The van der Waals surface area contributed by atoms with Gasteiger partial charge in [-0.1, -0.05) is 30.3 Å². The molecule has 0 amide bonds. The van der Waals surface area contributed by atoms with E-state index < -0.39 is 0 Å². The lowest BCUT2D eigenvalue weighted by molar-refractivity contribution is 0.182. The summed E-state index contributed by atoms with van der Waals surface area (Å²) in [5.41, 5.74) is 8.89. The second kappa shape index (κ2) is 5.22. The normalized spacial score (nSPS) is 19.7. The molecule has 2 heterocycles. The van der Waals surface area contributed by atoms with Crippen LogP contribution in [0.4, 0.5) is 0 Å². The predicted molar refractivity (Wildman–Crippen MR) is 76.7 cm³/mol. The highest BCUT2D eigenvalue weighted by Gasteiger charge is 2.25. The van der Waals surface area contributed by atoms with E-state index in [0.29, 0.717) is 12.6 Å². The number of nitrogens with zero attached hydrogens (tertiary/aromatic N) is 1. The minimum Gasteiger partial charge on any atom is -0.329 e. The topological polar surface area (TPSA) is 29.3 Å². The SMILES string of the molecule is NCC1c2ccccc2CCN1Cc1cccs1. The van der Waals surface area contributed by atoms with Gasteiger partial charge in [0.05, 0.1) is 0 Å². The van der Waals surface area contributed by atoms with Gasteiger partial charge in [-0.3, -0.25) is 4.90 Å². The molecule has 2 nitrogen and oxygen atoms in total. The Morgan fingerprint density at radius 3 is 2.89 bits per heavy atom. The van der Waals surface area contributed by atoms with Crippen LogP contribution < -0.4 is 5.73 Å². The molecule has 0 saturated carbocycles. The second-order valence-electron chi connectivity index (χ2n) is 4.75. The van der Waals surface area contributed by atoms with Gasteiger partial charge >= 0.3 is 0 Å². The fourth-order valence-electron chi connectivity index (χ4n) is 2.77. The van der Waals surface area contributed by atoms with Crippen molar-refractivity contribution < 1.29 is 0 Å². The number of nitrogens with two attached hydrogens (primary N) is 1. The maximum atomic E-state index is 6.00. The van der Waals surface area contributed by atoms with Crippen LogP contribution in [0.25, 0.3) is 0 Å². The van der Waals surface area contributed by atoms with Crippen LogP contribution in [0.15, 0.2) is 41.8 Å². The molecule has 0 fully saturated rings. The molecule has 0 saturated heterocycles. The zero-order valence-electron chi connectivity index (χ0n) is 10.4. The van der Waals surface area contributed by atoms with E-state index in [1.54, 1.807) is 0 Å². The molecule has 3 rings (SSSR count). The van der Waals surface area contributed by atoms with E-state index in [2.05, 4.69) is 46.7 Å². The summed E-state index contributed by atoms with van der Waals surface area (Å²) in [7, 11) is 0. The maximum absolute atomic E-state index is 6.00.